The Morgan fingerprint density at radius 3 is 3.00 bits per heavy atom. The van der Waals surface area contributed by atoms with Crippen molar-refractivity contribution in [2.24, 2.45) is 12.8 Å². The number of carbonyl (C=O) groups is 1. The van der Waals surface area contributed by atoms with Gasteiger partial charge < -0.3 is 15.8 Å². The topological polar surface area (TPSA) is 82.2 Å². The lowest BCUT2D eigenvalue weighted by Crippen LogP contribution is -2.23. The molecule has 1 aromatic heterocycles. The van der Waals surface area contributed by atoms with Gasteiger partial charge in [0.15, 0.2) is 0 Å². The Morgan fingerprint density at radius 2 is 2.38 bits per heavy atom. The first-order chi connectivity index (χ1) is 11.6. The molecule has 3 N–H and O–H groups in total. The molecule has 1 aromatic carbocycles. The number of hydrogen-bond acceptors (Lipinski definition) is 4. The third-order valence-corrected chi connectivity index (χ3v) is 4.58. The zero-order chi connectivity index (χ0) is 17.1. The fourth-order valence-corrected chi connectivity index (χ4v) is 3.29. The van der Waals surface area contributed by atoms with Crippen LogP contribution in [0.3, 0.4) is 0 Å². The molecular weight excluding hydrogens is 328 g/mol. The number of nitrogens with one attached hydrogen (secondary N) is 1. The summed E-state index contributed by atoms with van der Waals surface area (Å²) in [4.78, 5) is 11.5. The van der Waals surface area contributed by atoms with Gasteiger partial charge in [-0.2, -0.15) is 5.10 Å². The van der Waals surface area contributed by atoms with Crippen molar-refractivity contribution in [1.29, 1.82) is 0 Å². The number of aromatic nitrogens is 2. The highest BCUT2D eigenvalue weighted by Crippen LogP contribution is 2.35. The van der Waals surface area contributed by atoms with Crippen LogP contribution in [-0.2, 0) is 7.05 Å². The summed E-state index contributed by atoms with van der Waals surface area (Å²) in [6.45, 7) is 1.67. The normalized spacial score (nSPS) is 17.2. The Morgan fingerprint density at radius 1 is 1.54 bits per heavy atom. The molecular formula is C17H21ClN4O2. The van der Waals surface area contributed by atoms with Gasteiger partial charge in [0, 0.05) is 24.2 Å². The van der Waals surface area contributed by atoms with Crippen LogP contribution in [0, 0.1) is 0 Å². The average molecular weight is 349 g/mol. The highest BCUT2D eigenvalue weighted by Gasteiger charge is 2.18. The molecule has 7 heteroatoms. The maximum absolute atomic E-state index is 11.5. The maximum Gasteiger partial charge on any atom is 0.248 e. The molecule has 1 unspecified atom stereocenters. The molecule has 0 aliphatic carbocycles. The number of amides is 1. The number of halogens is 1. The molecule has 1 amide bonds. The highest BCUT2D eigenvalue weighted by molar-refractivity contribution is 6.33. The number of primary amides is 1. The van der Waals surface area contributed by atoms with Crippen molar-refractivity contribution in [3.05, 3.63) is 35.0 Å². The fourth-order valence-electron chi connectivity index (χ4n) is 3.02. The minimum absolute atomic E-state index is 0.409. The average Bonchev–Trinajstić information content (AvgIpc) is 3.18. The summed E-state index contributed by atoms with van der Waals surface area (Å²) < 4.78 is 7.64. The van der Waals surface area contributed by atoms with Crippen molar-refractivity contribution < 1.29 is 9.53 Å². The van der Waals surface area contributed by atoms with E-state index in [-0.39, 0.29) is 0 Å². The van der Waals surface area contributed by atoms with Crippen LogP contribution in [0.1, 0.15) is 29.6 Å². The van der Waals surface area contributed by atoms with E-state index in [1.807, 2.05) is 0 Å². The second-order valence-corrected chi connectivity index (χ2v) is 6.38. The summed E-state index contributed by atoms with van der Waals surface area (Å²) >= 11 is 6.26. The van der Waals surface area contributed by atoms with Crippen molar-refractivity contribution in [3.8, 4) is 17.0 Å². The van der Waals surface area contributed by atoms with E-state index in [0.717, 1.165) is 18.5 Å². The first kappa shape index (κ1) is 16.8. The van der Waals surface area contributed by atoms with Crippen LogP contribution in [0.5, 0.6) is 5.75 Å². The van der Waals surface area contributed by atoms with Crippen LogP contribution in [0.25, 0.3) is 11.3 Å². The summed E-state index contributed by atoms with van der Waals surface area (Å²) in [5.74, 6) is 0.180. The van der Waals surface area contributed by atoms with E-state index in [2.05, 4.69) is 10.4 Å². The summed E-state index contributed by atoms with van der Waals surface area (Å²) in [6, 6.07) is 5.65. The summed E-state index contributed by atoms with van der Waals surface area (Å²) in [6.07, 6.45) is 4.91. The predicted molar refractivity (Wildman–Crippen MR) is 93.3 cm³/mol. The van der Waals surface area contributed by atoms with E-state index in [0.29, 0.717) is 34.7 Å². The fraction of sp³-hybridized carbons (Fsp3) is 0.412. The minimum Gasteiger partial charge on any atom is -0.493 e. The molecule has 1 aliphatic heterocycles. The van der Waals surface area contributed by atoms with Gasteiger partial charge in [-0.1, -0.05) is 11.6 Å². The van der Waals surface area contributed by atoms with E-state index in [1.54, 1.807) is 36.1 Å². The summed E-state index contributed by atoms with van der Waals surface area (Å²) in [5, 5.41) is 8.11. The molecule has 2 aromatic rings. The van der Waals surface area contributed by atoms with Gasteiger partial charge in [0.1, 0.15) is 5.75 Å². The molecule has 1 saturated heterocycles. The van der Waals surface area contributed by atoms with Gasteiger partial charge in [-0.25, -0.2) is 0 Å². The molecule has 1 atom stereocenters. The lowest BCUT2D eigenvalue weighted by molar-refractivity contribution is 0.100. The van der Waals surface area contributed by atoms with E-state index in [1.165, 1.54) is 12.8 Å². The largest absolute Gasteiger partial charge is 0.493 e. The number of ether oxygens (including phenoxy) is 1. The second kappa shape index (κ2) is 7.23. The van der Waals surface area contributed by atoms with Crippen LogP contribution in [0.2, 0.25) is 5.02 Å². The molecule has 1 aliphatic rings. The van der Waals surface area contributed by atoms with Crippen LogP contribution in [-0.4, -0.2) is 34.9 Å². The lowest BCUT2D eigenvalue weighted by Gasteiger charge is -2.15. The third-order valence-electron chi connectivity index (χ3n) is 4.30. The summed E-state index contributed by atoms with van der Waals surface area (Å²) in [5.41, 5.74) is 7.23. The monoisotopic (exact) mass is 348 g/mol. The van der Waals surface area contributed by atoms with Crippen molar-refractivity contribution in [2.45, 2.75) is 25.3 Å². The Balaban J connectivity index is 1.85. The molecule has 0 bridgehead atoms. The molecule has 128 valence electrons. The molecule has 0 radical (unpaired) electrons. The quantitative estimate of drug-likeness (QED) is 0.839. The number of hydrogen-bond donors (Lipinski definition) is 2. The van der Waals surface area contributed by atoms with Crippen molar-refractivity contribution >= 4 is 17.5 Å². The van der Waals surface area contributed by atoms with Crippen LogP contribution < -0.4 is 15.8 Å². The first-order valence-corrected chi connectivity index (χ1v) is 8.42. The van der Waals surface area contributed by atoms with Gasteiger partial charge in [0.2, 0.25) is 5.91 Å². The SMILES string of the molecule is Cn1ncc(Cl)c1-c1cc(C(N)=O)ccc1OCCC1CCCN1. The van der Waals surface area contributed by atoms with Gasteiger partial charge >= 0.3 is 0 Å². The predicted octanol–water partition coefficient (Wildman–Crippen LogP) is 2.36. The number of nitrogens with zero attached hydrogens (tertiary/aromatic N) is 2. The van der Waals surface area contributed by atoms with Crippen molar-refractivity contribution in [1.82, 2.24) is 15.1 Å². The van der Waals surface area contributed by atoms with Gasteiger partial charge in [-0.15, -0.1) is 0 Å². The van der Waals surface area contributed by atoms with Gasteiger partial charge in [-0.3, -0.25) is 9.48 Å². The molecule has 6 nitrogen and oxygen atoms in total. The molecule has 3 rings (SSSR count). The number of carbonyl (C=O) groups excluding carboxylic acids is 1. The van der Waals surface area contributed by atoms with E-state index >= 15 is 0 Å². The second-order valence-electron chi connectivity index (χ2n) is 5.97. The van der Waals surface area contributed by atoms with Crippen LogP contribution >= 0.6 is 11.6 Å². The Hall–Kier alpha value is -2.05. The third kappa shape index (κ3) is 3.55. The number of benzene rings is 1. The van der Waals surface area contributed by atoms with Crippen molar-refractivity contribution in [3.63, 3.8) is 0 Å². The van der Waals surface area contributed by atoms with E-state index in [4.69, 9.17) is 22.1 Å². The van der Waals surface area contributed by atoms with Gasteiger partial charge in [-0.05, 0) is 44.0 Å². The Kier molecular flexibility index (Phi) is 5.06. The highest BCUT2D eigenvalue weighted by atomic mass is 35.5. The standard InChI is InChI=1S/C17H21ClN4O2/c1-22-16(14(18)10-21-22)13-9-11(17(19)23)4-5-15(13)24-8-6-12-3-2-7-20-12/h4-5,9-10,12,20H,2-3,6-8H2,1H3,(H2,19,23). The van der Waals surface area contributed by atoms with Crippen molar-refractivity contribution in [2.75, 3.05) is 13.2 Å². The number of aryl methyl sites for hydroxylation is 1. The number of rotatable bonds is 6. The number of nitrogens with two attached hydrogens (primary N) is 1. The lowest BCUT2D eigenvalue weighted by atomic mass is 10.1. The van der Waals surface area contributed by atoms with E-state index in [9.17, 15) is 4.79 Å². The van der Waals surface area contributed by atoms with Gasteiger partial charge in [0.25, 0.3) is 0 Å². The van der Waals surface area contributed by atoms with Crippen LogP contribution in [0.15, 0.2) is 24.4 Å². The summed E-state index contributed by atoms with van der Waals surface area (Å²) in [7, 11) is 1.80. The Labute approximate surface area is 145 Å². The van der Waals surface area contributed by atoms with Gasteiger partial charge in [0.05, 0.1) is 23.5 Å². The zero-order valence-corrected chi connectivity index (χ0v) is 14.3. The molecule has 2 heterocycles. The Bertz CT molecular complexity index is 719. The first-order valence-electron chi connectivity index (χ1n) is 8.04. The van der Waals surface area contributed by atoms with E-state index < -0.39 is 5.91 Å². The molecule has 0 spiro atoms. The molecule has 1 fully saturated rings. The smallest absolute Gasteiger partial charge is 0.248 e. The molecule has 0 saturated carbocycles. The van der Waals surface area contributed by atoms with Crippen LogP contribution in [0.4, 0.5) is 0 Å². The maximum atomic E-state index is 11.5. The zero-order valence-electron chi connectivity index (χ0n) is 13.6. The minimum atomic E-state index is -0.490. The molecule has 24 heavy (non-hydrogen) atoms.